The normalized spacial score (nSPS) is 11.2. The van der Waals surface area contributed by atoms with E-state index in [1.165, 1.54) is 18.2 Å². The van der Waals surface area contributed by atoms with Crippen molar-refractivity contribution in [2.45, 2.75) is 39.2 Å². The van der Waals surface area contributed by atoms with Gasteiger partial charge >= 0.3 is 11.9 Å². The summed E-state index contributed by atoms with van der Waals surface area (Å²) in [6, 6.07) is 4.08. The molecule has 0 radical (unpaired) electrons. The molecule has 0 aliphatic heterocycles. The average Bonchev–Trinajstić information content (AvgIpc) is 2.27. The molecule has 5 heteroatoms. The zero-order chi connectivity index (χ0) is 14.6. The first-order valence-electron chi connectivity index (χ1n) is 6.03. The molecule has 0 atom stereocenters. The maximum absolute atomic E-state index is 12.0. The Morgan fingerprint density at radius 3 is 2.47 bits per heavy atom. The number of carbonyl (C=O) groups excluding carboxylic acids is 1. The first-order chi connectivity index (χ1) is 8.76. The van der Waals surface area contributed by atoms with E-state index in [1.807, 2.05) is 6.92 Å². The van der Waals surface area contributed by atoms with Gasteiger partial charge in [-0.25, -0.2) is 9.59 Å². The van der Waals surface area contributed by atoms with E-state index in [0.717, 1.165) is 6.42 Å². The molecule has 0 saturated heterocycles. The molecule has 0 heterocycles. The smallest absolute Gasteiger partial charge is 0.339 e. The minimum Gasteiger partial charge on any atom is -0.478 e. The van der Waals surface area contributed by atoms with Crippen molar-refractivity contribution in [3.8, 4) is 0 Å². The van der Waals surface area contributed by atoms with Gasteiger partial charge in [-0.05, 0) is 38.5 Å². The van der Waals surface area contributed by atoms with Crippen molar-refractivity contribution in [1.82, 2.24) is 0 Å². The molecule has 0 aliphatic carbocycles. The Labute approximate surface area is 117 Å². The SMILES string of the molecule is CCCC(C)(C)OC(=O)c1ccc(Cl)cc1C(=O)O. The predicted molar refractivity (Wildman–Crippen MR) is 72.8 cm³/mol. The highest BCUT2D eigenvalue weighted by molar-refractivity contribution is 6.31. The van der Waals surface area contributed by atoms with E-state index in [4.69, 9.17) is 21.4 Å². The van der Waals surface area contributed by atoms with E-state index in [1.54, 1.807) is 13.8 Å². The molecular formula is C14H17ClO4. The summed E-state index contributed by atoms with van der Waals surface area (Å²) in [5.41, 5.74) is -0.757. The molecule has 0 unspecified atom stereocenters. The number of benzene rings is 1. The molecule has 0 bridgehead atoms. The number of halogens is 1. The minimum absolute atomic E-state index is 0.0149. The number of hydrogen-bond acceptors (Lipinski definition) is 3. The topological polar surface area (TPSA) is 63.6 Å². The molecule has 1 rings (SSSR count). The van der Waals surface area contributed by atoms with Crippen molar-refractivity contribution >= 4 is 23.5 Å². The van der Waals surface area contributed by atoms with Gasteiger partial charge in [-0.3, -0.25) is 0 Å². The van der Waals surface area contributed by atoms with E-state index in [2.05, 4.69) is 0 Å². The first-order valence-corrected chi connectivity index (χ1v) is 6.41. The summed E-state index contributed by atoms with van der Waals surface area (Å²) >= 11 is 5.73. The fourth-order valence-electron chi connectivity index (χ4n) is 1.83. The van der Waals surface area contributed by atoms with Gasteiger partial charge in [-0.2, -0.15) is 0 Å². The lowest BCUT2D eigenvalue weighted by Crippen LogP contribution is -2.28. The highest BCUT2D eigenvalue weighted by Gasteiger charge is 2.25. The molecule has 0 amide bonds. The number of esters is 1. The molecule has 19 heavy (non-hydrogen) atoms. The van der Waals surface area contributed by atoms with Gasteiger partial charge in [0.2, 0.25) is 0 Å². The number of hydrogen-bond donors (Lipinski definition) is 1. The molecule has 0 spiro atoms. The van der Waals surface area contributed by atoms with Crippen LogP contribution in [0.15, 0.2) is 18.2 Å². The van der Waals surface area contributed by atoms with Gasteiger partial charge in [0.15, 0.2) is 0 Å². The molecule has 0 saturated carbocycles. The minimum atomic E-state index is -1.21. The third-order valence-electron chi connectivity index (χ3n) is 2.65. The maximum atomic E-state index is 12.0. The fourth-order valence-corrected chi connectivity index (χ4v) is 2.00. The van der Waals surface area contributed by atoms with Crippen molar-refractivity contribution in [2.24, 2.45) is 0 Å². The summed E-state index contributed by atoms with van der Waals surface area (Å²) in [6.45, 7) is 5.58. The van der Waals surface area contributed by atoms with Crippen LogP contribution in [0.5, 0.6) is 0 Å². The van der Waals surface area contributed by atoms with Crippen molar-refractivity contribution in [2.75, 3.05) is 0 Å². The number of aromatic carboxylic acids is 1. The molecule has 0 aromatic heterocycles. The van der Waals surface area contributed by atoms with Crippen LogP contribution in [0, 0.1) is 0 Å². The van der Waals surface area contributed by atoms with Crippen molar-refractivity contribution < 1.29 is 19.4 Å². The van der Waals surface area contributed by atoms with Crippen LogP contribution in [-0.4, -0.2) is 22.6 Å². The van der Waals surface area contributed by atoms with E-state index in [0.29, 0.717) is 6.42 Å². The van der Waals surface area contributed by atoms with Gasteiger partial charge in [-0.1, -0.05) is 24.9 Å². The highest BCUT2D eigenvalue weighted by atomic mass is 35.5. The number of ether oxygens (including phenoxy) is 1. The maximum Gasteiger partial charge on any atom is 0.339 e. The average molecular weight is 285 g/mol. The summed E-state index contributed by atoms with van der Waals surface area (Å²) in [5.74, 6) is -1.85. The molecular weight excluding hydrogens is 268 g/mol. The van der Waals surface area contributed by atoms with E-state index < -0.39 is 17.5 Å². The van der Waals surface area contributed by atoms with Crippen molar-refractivity contribution in [3.63, 3.8) is 0 Å². The number of rotatable bonds is 5. The monoisotopic (exact) mass is 284 g/mol. The molecule has 104 valence electrons. The van der Waals surface area contributed by atoms with E-state index in [-0.39, 0.29) is 16.1 Å². The zero-order valence-corrected chi connectivity index (χ0v) is 12.0. The van der Waals surface area contributed by atoms with Crippen LogP contribution in [0.1, 0.15) is 54.3 Å². The lowest BCUT2D eigenvalue weighted by molar-refractivity contribution is -0.00501. The number of carboxylic acid groups (broad SMARTS) is 1. The summed E-state index contributed by atoms with van der Waals surface area (Å²) in [7, 11) is 0. The van der Waals surface area contributed by atoms with E-state index >= 15 is 0 Å². The first kappa shape index (κ1) is 15.5. The van der Waals surface area contributed by atoms with Gasteiger partial charge in [0, 0.05) is 5.02 Å². The van der Waals surface area contributed by atoms with Crippen molar-refractivity contribution in [3.05, 3.63) is 34.3 Å². The molecule has 1 aromatic rings. The second-order valence-corrected chi connectivity index (χ2v) is 5.33. The van der Waals surface area contributed by atoms with Gasteiger partial charge in [0.1, 0.15) is 5.60 Å². The quantitative estimate of drug-likeness (QED) is 0.836. The van der Waals surface area contributed by atoms with Crippen LogP contribution in [0.3, 0.4) is 0 Å². The van der Waals surface area contributed by atoms with Crippen molar-refractivity contribution in [1.29, 1.82) is 0 Å². The van der Waals surface area contributed by atoms with Crippen LogP contribution < -0.4 is 0 Å². The summed E-state index contributed by atoms with van der Waals surface area (Å²) < 4.78 is 5.35. The van der Waals surface area contributed by atoms with Crippen LogP contribution in [0.4, 0.5) is 0 Å². The van der Waals surface area contributed by atoms with Gasteiger partial charge in [0.05, 0.1) is 11.1 Å². The Kier molecular flexibility index (Phi) is 4.95. The Morgan fingerprint density at radius 1 is 1.32 bits per heavy atom. The lowest BCUT2D eigenvalue weighted by Gasteiger charge is -2.24. The highest BCUT2D eigenvalue weighted by Crippen LogP contribution is 2.22. The third-order valence-corrected chi connectivity index (χ3v) is 2.89. The largest absolute Gasteiger partial charge is 0.478 e. The Bertz CT molecular complexity index is 494. The van der Waals surface area contributed by atoms with Crippen LogP contribution in [0.2, 0.25) is 5.02 Å². The molecule has 1 N–H and O–H groups in total. The molecule has 4 nitrogen and oxygen atoms in total. The summed E-state index contributed by atoms with van der Waals surface area (Å²) in [5, 5.41) is 9.34. The Morgan fingerprint density at radius 2 is 1.95 bits per heavy atom. The fraction of sp³-hybridized carbons (Fsp3) is 0.429. The van der Waals surface area contributed by atoms with Gasteiger partial charge < -0.3 is 9.84 Å². The zero-order valence-electron chi connectivity index (χ0n) is 11.2. The predicted octanol–water partition coefficient (Wildman–Crippen LogP) is 3.77. The van der Waals surface area contributed by atoms with Crippen LogP contribution in [-0.2, 0) is 4.74 Å². The van der Waals surface area contributed by atoms with Gasteiger partial charge in [0.25, 0.3) is 0 Å². The Balaban J connectivity index is 3.03. The Hall–Kier alpha value is -1.55. The molecule has 1 aromatic carbocycles. The second kappa shape index (κ2) is 6.06. The standard InChI is InChI=1S/C14H17ClO4/c1-4-7-14(2,3)19-13(18)10-6-5-9(15)8-11(10)12(16)17/h5-6,8H,4,7H2,1-3H3,(H,16,17). The van der Waals surface area contributed by atoms with Gasteiger partial charge in [-0.15, -0.1) is 0 Å². The summed E-state index contributed by atoms with van der Waals surface area (Å²) in [6.07, 6.45) is 1.57. The summed E-state index contributed by atoms with van der Waals surface area (Å²) in [4.78, 5) is 23.1. The number of carboxylic acids is 1. The number of carbonyl (C=O) groups is 2. The van der Waals surface area contributed by atoms with E-state index in [9.17, 15) is 9.59 Å². The second-order valence-electron chi connectivity index (χ2n) is 4.89. The molecule has 0 aliphatic rings. The van der Waals surface area contributed by atoms with Crippen LogP contribution >= 0.6 is 11.6 Å². The lowest BCUT2D eigenvalue weighted by atomic mass is 10.0. The van der Waals surface area contributed by atoms with Crippen LogP contribution in [0.25, 0.3) is 0 Å². The molecule has 0 fully saturated rings. The third kappa shape index (κ3) is 4.24.